The Labute approximate surface area is 114 Å². The van der Waals surface area contributed by atoms with Gasteiger partial charge in [-0.05, 0) is 32.1 Å². The number of carbonyl (C=O) groups excluding carboxylic acids is 1. The van der Waals surface area contributed by atoms with E-state index in [2.05, 4.69) is 0 Å². The second-order valence-corrected chi connectivity index (χ2v) is 5.98. The van der Waals surface area contributed by atoms with Crippen LogP contribution in [0.25, 0.3) is 0 Å². The maximum atomic E-state index is 12.4. The molecule has 0 heterocycles. The molecule has 102 valence electrons. The van der Waals surface area contributed by atoms with Gasteiger partial charge in [0.25, 0.3) is 0 Å². The van der Waals surface area contributed by atoms with Gasteiger partial charge in [0.2, 0.25) is 5.91 Å². The Morgan fingerprint density at radius 2 is 2.17 bits per heavy atom. The highest BCUT2D eigenvalue weighted by atomic mass is 32.1. The highest BCUT2D eigenvalue weighted by Crippen LogP contribution is 2.39. The molecule has 0 radical (unpaired) electrons. The van der Waals surface area contributed by atoms with Crippen molar-refractivity contribution in [2.24, 2.45) is 5.73 Å². The molecule has 0 bridgehead atoms. The number of nitrogens with two attached hydrogens (primary N) is 1. The van der Waals surface area contributed by atoms with Gasteiger partial charge in [-0.15, -0.1) is 0 Å². The lowest BCUT2D eigenvalue weighted by atomic mass is 9.77. The van der Waals surface area contributed by atoms with E-state index in [-0.39, 0.29) is 11.5 Å². The van der Waals surface area contributed by atoms with Crippen LogP contribution in [0.2, 0.25) is 0 Å². The summed E-state index contributed by atoms with van der Waals surface area (Å²) in [6.07, 6.45) is 6.53. The van der Waals surface area contributed by atoms with Crippen LogP contribution in [0.15, 0.2) is 0 Å². The van der Waals surface area contributed by atoms with Gasteiger partial charge in [-0.25, -0.2) is 0 Å². The molecule has 2 fully saturated rings. The molecule has 4 nitrogen and oxygen atoms in total. The predicted molar refractivity (Wildman–Crippen MR) is 74.3 cm³/mol. The smallest absolute Gasteiger partial charge is 0.225 e. The van der Waals surface area contributed by atoms with Crippen LogP contribution in [0.3, 0.4) is 0 Å². The van der Waals surface area contributed by atoms with Gasteiger partial charge in [-0.3, -0.25) is 4.79 Å². The number of amides is 1. The molecule has 0 saturated heterocycles. The summed E-state index contributed by atoms with van der Waals surface area (Å²) in [4.78, 5) is 14.8. The summed E-state index contributed by atoms with van der Waals surface area (Å²) in [6, 6.07) is 0.417. The molecule has 5 heteroatoms. The summed E-state index contributed by atoms with van der Waals surface area (Å²) in [5.74, 6) is 0.204. The third-order valence-corrected chi connectivity index (χ3v) is 4.28. The van der Waals surface area contributed by atoms with E-state index >= 15 is 0 Å². The molecule has 1 amide bonds. The van der Waals surface area contributed by atoms with Crippen molar-refractivity contribution >= 4 is 23.1 Å². The van der Waals surface area contributed by atoms with Crippen LogP contribution >= 0.6 is 12.2 Å². The Kier molecular flexibility index (Phi) is 4.22. The first-order valence-electron chi connectivity index (χ1n) is 6.69. The molecule has 2 aliphatic carbocycles. The first-order chi connectivity index (χ1) is 8.56. The van der Waals surface area contributed by atoms with Gasteiger partial charge in [0.05, 0.1) is 17.0 Å². The molecule has 0 unspecified atom stereocenters. The number of methoxy groups -OCH3 is 1. The molecule has 2 rings (SSSR count). The third-order valence-electron chi connectivity index (χ3n) is 4.08. The average Bonchev–Trinajstić information content (AvgIpc) is 3.07. The number of nitrogens with zero attached hydrogens (tertiary/aromatic N) is 1. The summed E-state index contributed by atoms with van der Waals surface area (Å²) in [5, 5.41) is 0. The van der Waals surface area contributed by atoms with Crippen LogP contribution in [0.4, 0.5) is 0 Å². The normalized spacial score (nSPS) is 21.2. The monoisotopic (exact) mass is 270 g/mol. The number of thiocarbonyl (C=S) groups is 1. The van der Waals surface area contributed by atoms with Crippen molar-refractivity contribution in [1.29, 1.82) is 0 Å². The minimum Gasteiger partial charge on any atom is -0.393 e. The molecule has 18 heavy (non-hydrogen) atoms. The highest BCUT2D eigenvalue weighted by molar-refractivity contribution is 7.80. The van der Waals surface area contributed by atoms with E-state index in [1.54, 1.807) is 7.11 Å². The molecule has 2 aliphatic rings. The summed E-state index contributed by atoms with van der Waals surface area (Å²) >= 11 is 4.89. The van der Waals surface area contributed by atoms with E-state index < -0.39 is 0 Å². The molecule has 0 aromatic rings. The van der Waals surface area contributed by atoms with E-state index in [1.807, 2.05) is 4.90 Å². The fourth-order valence-corrected chi connectivity index (χ4v) is 2.62. The zero-order valence-electron chi connectivity index (χ0n) is 11.0. The molecule has 0 spiro atoms. The number of rotatable bonds is 7. The molecule has 0 aromatic heterocycles. The van der Waals surface area contributed by atoms with Crippen LogP contribution in [-0.2, 0) is 9.53 Å². The summed E-state index contributed by atoms with van der Waals surface area (Å²) in [5.41, 5.74) is 5.33. The Hall–Kier alpha value is -0.680. The van der Waals surface area contributed by atoms with E-state index in [4.69, 9.17) is 22.7 Å². The van der Waals surface area contributed by atoms with Crippen LogP contribution in [0, 0.1) is 0 Å². The second-order valence-electron chi connectivity index (χ2n) is 5.45. The Bertz CT molecular complexity index is 332. The first-order valence-corrected chi connectivity index (χ1v) is 7.10. The lowest BCUT2D eigenvalue weighted by molar-refractivity contribution is -0.144. The Morgan fingerprint density at radius 3 is 2.56 bits per heavy atom. The van der Waals surface area contributed by atoms with Crippen molar-refractivity contribution in [1.82, 2.24) is 4.90 Å². The number of hydrogen-bond acceptors (Lipinski definition) is 3. The lowest BCUT2D eigenvalue weighted by Gasteiger charge is -2.41. The number of ether oxygens (including phenoxy) is 1. The van der Waals surface area contributed by atoms with Crippen molar-refractivity contribution in [2.75, 3.05) is 13.7 Å². The largest absolute Gasteiger partial charge is 0.393 e. The summed E-state index contributed by atoms with van der Waals surface area (Å²) < 4.78 is 5.52. The van der Waals surface area contributed by atoms with Gasteiger partial charge in [-0.2, -0.15) is 0 Å². The minimum absolute atomic E-state index is 0.187. The van der Waals surface area contributed by atoms with Crippen molar-refractivity contribution < 1.29 is 9.53 Å². The molecule has 0 atom stereocenters. The van der Waals surface area contributed by atoms with Crippen molar-refractivity contribution in [2.45, 2.75) is 56.6 Å². The molecular weight excluding hydrogens is 248 g/mol. The van der Waals surface area contributed by atoms with Gasteiger partial charge in [0, 0.05) is 26.1 Å². The standard InChI is InChI=1S/C13H22N2O2S/c1-17-13(6-2-7-13)9-12(16)15(10-3-4-10)8-5-11(14)18/h10H,2-9H2,1H3,(H2,14,18). The van der Waals surface area contributed by atoms with E-state index in [0.717, 1.165) is 32.1 Å². The van der Waals surface area contributed by atoms with Crippen LogP contribution in [-0.4, -0.2) is 41.1 Å². The fraction of sp³-hybridized carbons (Fsp3) is 0.846. The topological polar surface area (TPSA) is 55.6 Å². The van der Waals surface area contributed by atoms with Gasteiger partial charge in [-0.1, -0.05) is 12.2 Å². The first kappa shape index (κ1) is 13.7. The average molecular weight is 270 g/mol. The van der Waals surface area contributed by atoms with Gasteiger partial charge in [0.1, 0.15) is 0 Å². The lowest BCUT2D eigenvalue weighted by Crippen LogP contribution is -2.46. The maximum Gasteiger partial charge on any atom is 0.225 e. The second kappa shape index (κ2) is 5.53. The van der Waals surface area contributed by atoms with Crippen molar-refractivity contribution in [3.05, 3.63) is 0 Å². The van der Waals surface area contributed by atoms with Gasteiger partial charge >= 0.3 is 0 Å². The SMILES string of the molecule is COC1(CC(=O)N(CCC(N)=S)C2CC2)CCC1. The molecule has 0 aromatic carbocycles. The molecule has 2 saturated carbocycles. The Morgan fingerprint density at radius 1 is 1.50 bits per heavy atom. The van der Waals surface area contributed by atoms with Crippen LogP contribution in [0.5, 0.6) is 0 Å². The third kappa shape index (κ3) is 3.20. The predicted octanol–water partition coefficient (Wildman–Crippen LogP) is 1.61. The number of carbonyl (C=O) groups is 1. The van der Waals surface area contributed by atoms with Crippen molar-refractivity contribution in [3.63, 3.8) is 0 Å². The molecular formula is C13H22N2O2S. The minimum atomic E-state index is -0.187. The van der Waals surface area contributed by atoms with Crippen LogP contribution in [0.1, 0.15) is 44.9 Å². The highest BCUT2D eigenvalue weighted by Gasteiger charge is 2.42. The van der Waals surface area contributed by atoms with Crippen molar-refractivity contribution in [3.8, 4) is 0 Å². The van der Waals surface area contributed by atoms with Crippen LogP contribution < -0.4 is 5.73 Å². The summed E-state index contributed by atoms with van der Waals surface area (Å²) in [7, 11) is 1.71. The quantitative estimate of drug-likeness (QED) is 0.714. The van der Waals surface area contributed by atoms with Gasteiger partial charge in [0.15, 0.2) is 0 Å². The van der Waals surface area contributed by atoms with Gasteiger partial charge < -0.3 is 15.4 Å². The molecule has 2 N–H and O–H groups in total. The zero-order chi connectivity index (χ0) is 13.2. The molecule has 0 aliphatic heterocycles. The van der Waals surface area contributed by atoms with E-state index in [9.17, 15) is 4.79 Å². The zero-order valence-corrected chi connectivity index (χ0v) is 11.8. The fourth-order valence-electron chi connectivity index (χ4n) is 2.53. The Balaban J connectivity index is 1.89. The van der Waals surface area contributed by atoms with E-state index in [1.165, 1.54) is 0 Å². The van der Waals surface area contributed by atoms with E-state index in [0.29, 0.717) is 30.4 Å². The maximum absolute atomic E-state index is 12.4. The number of hydrogen-bond donors (Lipinski definition) is 1. The summed E-state index contributed by atoms with van der Waals surface area (Å²) in [6.45, 7) is 0.665.